The van der Waals surface area contributed by atoms with E-state index in [2.05, 4.69) is 29.5 Å². The zero-order valence-electron chi connectivity index (χ0n) is 12.7. The number of carbonyl (C=O) groups is 2. The molecule has 0 bridgehead atoms. The number of hydrogen-bond acceptors (Lipinski definition) is 4. The highest BCUT2D eigenvalue weighted by Gasteiger charge is 2.12. The van der Waals surface area contributed by atoms with Crippen molar-refractivity contribution in [3.8, 4) is 0 Å². The van der Waals surface area contributed by atoms with Gasteiger partial charge >= 0.3 is 5.97 Å². The molecule has 7 nitrogen and oxygen atoms in total. The van der Waals surface area contributed by atoms with E-state index in [0.29, 0.717) is 18.0 Å². The summed E-state index contributed by atoms with van der Waals surface area (Å²) in [6.07, 6.45) is 6.43. The number of carboxylic acid groups (broad SMARTS) is 1. The van der Waals surface area contributed by atoms with Gasteiger partial charge < -0.3 is 10.4 Å². The molecule has 0 fully saturated rings. The summed E-state index contributed by atoms with van der Waals surface area (Å²) in [6.45, 7) is 4.30. The van der Waals surface area contributed by atoms with Crippen LogP contribution in [0.1, 0.15) is 51.6 Å². The molecule has 1 heterocycles. The van der Waals surface area contributed by atoms with Crippen molar-refractivity contribution in [2.24, 2.45) is 5.92 Å². The van der Waals surface area contributed by atoms with Crippen molar-refractivity contribution in [2.45, 2.75) is 59.0 Å². The van der Waals surface area contributed by atoms with E-state index in [1.54, 1.807) is 0 Å². The van der Waals surface area contributed by atoms with Gasteiger partial charge in [-0.25, -0.2) is 4.68 Å². The Bertz CT molecular complexity index is 459. The monoisotopic (exact) mass is 296 g/mol. The van der Waals surface area contributed by atoms with E-state index in [9.17, 15) is 9.59 Å². The summed E-state index contributed by atoms with van der Waals surface area (Å²) in [7, 11) is 0. The maximum Gasteiger partial charge on any atom is 0.325 e. The largest absolute Gasteiger partial charge is 0.480 e. The Balaban J connectivity index is 2.34. The first-order valence-corrected chi connectivity index (χ1v) is 7.42. The topological polar surface area (TPSA) is 97.1 Å². The summed E-state index contributed by atoms with van der Waals surface area (Å²) in [6, 6.07) is 0. The number of carbonyl (C=O) groups excluding carboxylic acids is 1. The van der Waals surface area contributed by atoms with Gasteiger partial charge in [0, 0.05) is 6.42 Å². The van der Waals surface area contributed by atoms with Crippen molar-refractivity contribution >= 4 is 11.9 Å². The van der Waals surface area contributed by atoms with Gasteiger partial charge in [-0.2, -0.15) is 0 Å². The third-order valence-corrected chi connectivity index (χ3v) is 3.37. The molecule has 0 aliphatic heterocycles. The molecule has 7 heteroatoms. The molecule has 1 amide bonds. The fraction of sp³-hybridized carbons (Fsp3) is 0.714. The van der Waals surface area contributed by atoms with E-state index >= 15 is 0 Å². The third-order valence-electron chi connectivity index (χ3n) is 3.37. The van der Waals surface area contributed by atoms with E-state index in [4.69, 9.17) is 5.11 Å². The molecule has 1 unspecified atom stereocenters. The Morgan fingerprint density at radius 3 is 2.81 bits per heavy atom. The fourth-order valence-electron chi connectivity index (χ4n) is 2.10. The Kier molecular flexibility index (Phi) is 7.42. The van der Waals surface area contributed by atoms with E-state index in [1.165, 1.54) is 10.9 Å². The van der Waals surface area contributed by atoms with Gasteiger partial charge in [0.15, 0.2) is 0 Å². The number of unbranched alkanes of at least 4 members (excludes halogenated alkanes) is 1. The summed E-state index contributed by atoms with van der Waals surface area (Å²) >= 11 is 0. The first kappa shape index (κ1) is 17.1. The second-order valence-electron chi connectivity index (χ2n) is 5.20. The van der Waals surface area contributed by atoms with E-state index in [0.717, 1.165) is 25.7 Å². The molecule has 2 N–H and O–H groups in total. The predicted octanol–water partition coefficient (Wildman–Crippen LogP) is 1.59. The summed E-state index contributed by atoms with van der Waals surface area (Å²) in [5.74, 6) is -0.546. The normalized spacial score (nSPS) is 12.1. The summed E-state index contributed by atoms with van der Waals surface area (Å²) in [4.78, 5) is 22.4. The quantitative estimate of drug-likeness (QED) is 0.683. The Labute approximate surface area is 124 Å². The van der Waals surface area contributed by atoms with Crippen LogP contribution in [0.5, 0.6) is 0 Å². The van der Waals surface area contributed by atoms with Crippen LogP contribution in [0.25, 0.3) is 0 Å². The van der Waals surface area contributed by atoms with Gasteiger partial charge in [0.05, 0.1) is 12.7 Å². The lowest BCUT2D eigenvalue weighted by Gasteiger charge is -2.13. The molecule has 1 atom stereocenters. The number of aromatic nitrogens is 3. The van der Waals surface area contributed by atoms with Gasteiger partial charge in [0.1, 0.15) is 12.2 Å². The lowest BCUT2D eigenvalue weighted by atomic mass is 9.95. The van der Waals surface area contributed by atoms with Crippen LogP contribution >= 0.6 is 0 Å². The molecule has 0 aromatic carbocycles. The van der Waals surface area contributed by atoms with Crippen LogP contribution in [0.2, 0.25) is 0 Å². The highest BCUT2D eigenvalue weighted by molar-refractivity contribution is 5.76. The Morgan fingerprint density at radius 2 is 2.19 bits per heavy atom. The lowest BCUT2D eigenvalue weighted by molar-refractivity contribution is -0.138. The maximum atomic E-state index is 11.9. The molecule has 118 valence electrons. The number of rotatable bonds is 10. The third kappa shape index (κ3) is 6.87. The van der Waals surface area contributed by atoms with Crippen molar-refractivity contribution in [3.05, 3.63) is 11.9 Å². The molecule has 1 aromatic rings. The Hall–Kier alpha value is -1.92. The van der Waals surface area contributed by atoms with Crippen molar-refractivity contribution in [1.29, 1.82) is 0 Å². The smallest absolute Gasteiger partial charge is 0.325 e. The van der Waals surface area contributed by atoms with E-state index < -0.39 is 5.97 Å². The highest BCUT2D eigenvalue weighted by Crippen LogP contribution is 2.16. The molecule has 0 aliphatic carbocycles. The van der Waals surface area contributed by atoms with E-state index in [1.807, 2.05) is 0 Å². The minimum Gasteiger partial charge on any atom is -0.480 e. The van der Waals surface area contributed by atoms with Crippen LogP contribution in [-0.2, 0) is 22.7 Å². The van der Waals surface area contributed by atoms with Gasteiger partial charge in [-0.3, -0.25) is 9.59 Å². The standard InChI is InChI=1S/C14H24N4O3/c1-3-5-6-11(4-2)7-13(19)15-8-12-9-18(17-16-12)10-14(20)21/h9,11H,3-8,10H2,1-2H3,(H,15,19)(H,20,21). The number of carboxylic acids is 1. The van der Waals surface area contributed by atoms with Gasteiger partial charge in [-0.15, -0.1) is 5.10 Å². The van der Waals surface area contributed by atoms with Crippen molar-refractivity contribution < 1.29 is 14.7 Å². The predicted molar refractivity (Wildman–Crippen MR) is 77.4 cm³/mol. The molecule has 0 saturated heterocycles. The van der Waals surface area contributed by atoms with Crippen molar-refractivity contribution in [2.75, 3.05) is 0 Å². The number of hydrogen-bond donors (Lipinski definition) is 2. The van der Waals surface area contributed by atoms with Crippen molar-refractivity contribution in [3.63, 3.8) is 0 Å². The van der Waals surface area contributed by atoms with Gasteiger partial charge in [-0.1, -0.05) is 38.3 Å². The minimum atomic E-state index is -0.975. The van der Waals surface area contributed by atoms with Crippen molar-refractivity contribution in [1.82, 2.24) is 20.3 Å². The number of nitrogens with zero attached hydrogens (tertiary/aromatic N) is 3. The van der Waals surface area contributed by atoms with Gasteiger partial charge in [0.25, 0.3) is 0 Å². The minimum absolute atomic E-state index is 0.00531. The first-order chi connectivity index (χ1) is 10.0. The SMILES string of the molecule is CCCCC(CC)CC(=O)NCc1cn(CC(=O)O)nn1. The number of nitrogens with one attached hydrogen (secondary N) is 1. The lowest BCUT2D eigenvalue weighted by Crippen LogP contribution is -2.25. The van der Waals surface area contributed by atoms with Crippen LogP contribution in [0.3, 0.4) is 0 Å². The van der Waals surface area contributed by atoms with Gasteiger partial charge in [0.2, 0.25) is 5.91 Å². The number of aliphatic carboxylic acids is 1. The zero-order chi connectivity index (χ0) is 15.7. The second kappa shape index (κ2) is 9.10. The van der Waals surface area contributed by atoms with Crippen LogP contribution in [0.4, 0.5) is 0 Å². The van der Waals surface area contributed by atoms with Crippen LogP contribution in [-0.4, -0.2) is 32.0 Å². The average molecular weight is 296 g/mol. The molecular weight excluding hydrogens is 272 g/mol. The molecular formula is C14H24N4O3. The molecule has 0 radical (unpaired) electrons. The fourth-order valence-corrected chi connectivity index (χ4v) is 2.10. The second-order valence-corrected chi connectivity index (χ2v) is 5.20. The van der Waals surface area contributed by atoms with Crippen LogP contribution < -0.4 is 5.32 Å². The summed E-state index contributed by atoms with van der Waals surface area (Å²) in [5, 5.41) is 18.9. The van der Waals surface area contributed by atoms with Gasteiger partial charge in [-0.05, 0) is 12.3 Å². The zero-order valence-corrected chi connectivity index (χ0v) is 12.7. The molecule has 1 rings (SSSR count). The van der Waals surface area contributed by atoms with Crippen LogP contribution in [0, 0.1) is 5.92 Å². The molecule has 0 spiro atoms. The molecule has 0 aliphatic rings. The maximum absolute atomic E-state index is 11.9. The highest BCUT2D eigenvalue weighted by atomic mass is 16.4. The first-order valence-electron chi connectivity index (χ1n) is 7.42. The average Bonchev–Trinajstić information content (AvgIpc) is 2.87. The summed E-state index contributed by atoms with van der Waals surface area (Å²) in [5.41, 5.74) is 0.561. The summed E-state index contributed by atoms with van der Waals surface area (Å²) < 4.78 is 1.24. The molecule has 1 aromatic heterocycles. The van der Waals surface area contributed by atoms with E-state index in [-0.39, 0.29) is 19.0 Å². The Morgan fingerprint density at radius 1 is 1.43 bits per heavy atom. The molecule has 0 saturated carbocycles. The molecule has 21 heavy (non-hydrogen) atoms. The van der Waals surface area contributed by atoms with Crippen LogP contribution in [0.15, 0.2) is 6.20 Å². The number of amides is 1.